The molecule has 1 aromatic heterocycles. The second-order valence-electron chi connectivity index (χ2n) is 5.59. The highest BCUT2D eigenvalue weighted by Crippen LogP contribution is 2.52. The predicted octanol–water partition coefficient (Wildman–Crippen LogP) is 1.47. The summed E-state index contributed by atoms with van der Waals surface area (Å²) in [6.45, 7) is 0.474. The minimum Gasteiger partial charge on any atom is -0.481 e. The number of nitrogens with zero attached hydrogens (tertiary/aromatic N) is 3. The summed E-state index contributed by atoms with van der Waals surface area (Å²) >= 11 is 0. The van der Waals surface area contributed by atoms with Gasteiger partial charge in [-0.3, -0.25) is 4.79 Å². The molecule has 3 aliphatic carbocycles. The lowest BCUT2D eigenvalue weighted by Gasteiger charge is -2.49. The molecule has 4 rings (SSSR count). The van der Waals surface area contributed by atoms with E-state index in [2.05, 4.69) is 9.97 Å². The van der Waals surface area contributed by atoms with E-state index in [0.717, 1.165) is 12.8 Å². The molecule has 3 fully saturated rings. The first-order valence-corrected chi connectivity index (χ1v) is 6.75. The summed E-state index contributed by atoms with van der Waals surface area (Å²) in [5.74, 6) is 0.707. The maximum atomic E-state index is 11.2. The summed E-state index contributed by atoms with van der Waals surface area (Å²) in [4.78, 5) is 19.1. The number of rotatable bonds is 4. The van der Waals surface area contributed by atoms with Crippen LogP contribution in [0.25, 0.3) is 0 Å². The minimum atomic E-state index is -0.684. The number of aliphatic carboxylic acids is 1. The van der Waals surface area contributed by atoms with Gasteiger partial charge in [0, 0.05) is 0 Å². The van der Waals surface area contributed by atoms with Gasteiger partial charge in [0.25, 0.3) is 0 Å². The van der Waals surface area contributed by atoms with Crippen molar-refractivity contribution in [2.75, 3.05) is 6.61 Å². The van der Waals surface area contributed by atoms with Crippen LogP contribution in [0.5, 0.6) is 5.88 Å². The highest BCUT2D eigenvalue weighted by molar-refractivity contribution is 5.70. The van der Waals surface area contributed by atoms with Crippen LogP contribution in [0.15, 0.2) is 12.4 Å². The van der Waals surface area contributed by atoms with Crippen LogP contribution in [-0.2, 0) is 4.79 Å². The molecule has 2 unspecified atom stereocenters. The van der Waals surface area contributed by atoms with Gasteiger partial charge in [-0.1, -0.05) is 0 Å². The highest BCUT2D eigenvalue weighted by Gasteiger charge is 2.48. The summed E-state index contributed by atoms with van der Waals surface area (Å²) in [5.41, 5.74) is 0.253. The van der Waals surface area contributed by atoms with E-state index in [1.54, 1.807) is 0 Å². The molecule has 6 nitrogen and oxygen atoms in total. The van der Waals surface area contributed by atoms with Crippen molar-refractivity contribution in [3.05, 3.63) is 18.1 Å². The van der Waals surface area contributed by atoms with E-state index in [1.165, 1.54) is 12.4 Å². The lowest BCUT2D eigenvalue weighted by atomic mass is 9.55. The number of ether oxygens (including phenoxy) is 1. The average Bonchev–Trinajstić information content (AvgIpc) is 2.44. The van der Waals surface area contributed by atoms with Gasteiger partial charge in [0.15, 0.2) is 5.69 Å². The van der Waals surface area contributed by atoms with Gasteiger partial charge in [0.1, 0.15) is 6.07 Å². The van der Waals surface area contributed by atoms with Crippen molar-refractivity contribution in [1.82, 2.24) is 9.97 Å². The predicted molar refractivity (Wildman–Crippen MR) is 67.7 cm³/mol. The summed E-state index contributed by atoms with van der Waals surface area (Å²) < 4.78 is 5.59. The third kappa shape index (κ3) is 2.31. The third-order valence-corrected chi connectivity index (χ3v) is 4.51. The van der Waals surface area contributed by atoms with Crippen LogP contribution < -0.4 is 4.74 Å². The monoisotopic (exact) mass is 273 g/mol. The molecule has 0 aliphatic heterocycles. The van der Waals surface area contributed by atoms with Crippen LogP contribution in [-0.4, -0.2) is 27.7 Å². The van der Waals surface area contributed by atoms with Crippen LogP contribution in [0.1, 0.15) is 25.0 Å². The summed E-state index contributed by atoms with van der Waals surface area (Å²) in [5, 5.41) is 17.8. The van der Waals surface area contributed by atoms with E-state index < -0.39 is 5.97 Å². The fourth-order valence-electron chi connectivity index (χ4n) is 3.28. The Labute approximate surface area is 116 Å². The Bertz CT molecular complexity index is 546. The number of fused-ring (bicyclic) bond motifs is 2. The maximum Gasteiger partial charge on any atom is 0.306 e. The number of aromatic nitrogens is 2. The van der Waals surface area contributed by atoms with Crippen molar-refractivity contribution in [3.8, 4) is 11.9 Å². The number of hydrogen-bond acceptors (Lipinski definition) is 5. The van der Waals surface area contributed by atoms with E-state index in [1.807, 2.05) is 6.07 Å². The number of carboxylic acid groups (broad SMARTS) is 1. The van der Waals surface area contributed by atoms with Gasteiger partial charge in [-0.25, -0.2) is 9.97 Å². The van der Waals surface area contributed by atoms with Crippen LogP contribution >= 0.6 is 0 Å². The van der Waals surface area contributed by atoms with Crippen molar-refractivity contribution in [2.45, 2.75) is 19.3 Å². The van der Waals surface area contributed by atoms with Crippen molar-refractivity contribution in [2.24, 2.45) is 23.7 Å². The number of carbonyl (C=O) groups is 1. The average molecular weight is 273 g/mol. The molecule has 2 bridgehead atoms. The first-order chi connectivity index (χ1) is 9.67. The Hall–Kier alpha value is -2.16. The van der Waals surface area contributed by atoms with Gasteiger partial charge in [0.05, 0.1) is 24.9 Å². The molecule has 0 amide bonds. The zero-order valence-corrected chi connectivity index (χ0v) is 10.9. The summed E-state index contributed by atoms with van der Waals surface area (Å²) in [6.07, 6.45) is 5.50. The zero-order chi connectivity index (χ0) is 14.1. The molecule has 1 N–H and O–H groups in total. The van der Waals surface area contributed by atoms with E-state index in [9.17, 15) is 9.90 Å². The van der Waals surface area contributed by atoms with Crippen LogP contribution in [0.2, 0.25) is 0 Å². The first kappa shape index (κ1) is 12.9. The van der Waals surface area contributed by atoms with Gasteiger partial charge in [-0.05, 0) is 37.0 Å². The Morgan fingerprint density at radius 2 is 2.15 bits per heavy atom. The molecule has 0 spiro atoms. The molecule has 20 heavy (non-hydrogen) atoms. The molecule has 3 saturated carbocycles. The van der Waals surface area contributed by atoms with Crippen molar-refractivity contribution < 1.29 is 14.6 Å². The maximum absolute atomic E-state index is 11.2. The van der Waals surface area contributed by atoms with E-state index in [0.29, 0.717) is 30.7 Å². The lowest BCUT2D eigenvalue weighted by molar-refractivity contribution is -0.152. The zero-order valence-electron chi connectivity index (χ0n) is 10.9. The Balaban J connectivity index is 1.58. The van der Waals surface area contributed by atoms with Gasteiger partial charge in [-0.2, -0.15) is 5.26 Å². The number of nitriles is 1. The topological polar surface area (TPSA) is 96.1 Å². The third-order valence-electron chi connectivity index (χ3n) is 4.51. The molecule has 0 aromatic carbocycles. The molecule has 3 aliphatic rings. The quantitative estimate of drug-likeness (QED) is 0.892. The molecule has 2 atom stereocenters. The van der Waals surface area contributed by atoms with Crippen molar-refractivity contribution in [3.63, 3.8) is 0 Å². The van der Waals surface area contributed by atoms with Crippen molar-refractivity contribution in [1.29, 1.82) is 5.26 Å². The molecule has 0 radical (unpaired) electrons. The molecular weight excluding hydrogens is 258 g/mol. The Kier molecular flexibility index (Phi) is 3.26. The Morgan fingerprint density at radius 1 is 1.35 bits per heavy atom. The Morgan fingerprint density at radius 3 is 2.75 bits per heavy atom. The minimum absolute atomic E-state index is 0.222. The molecule has 104 valence electrons. The molecular formula is C14H15N3O3. The lowest BCUT2D eigenvalue weighted by Crippen LogP contribution is -2.47. The summed E-state index contributed by atoms with van der Waals surface area (Å²) in [6, 6.07) is 1.90. The van der Waals surface area contributed by atoms with Gasteiger partial charge >= 0.3 is 5.97 Å². The summed E-state index contributed by atoms with van der Waals surface area (Å²) in [7, 11) is 0. The second-order valence-corrected chi connectivity index (χ2v) is 5.59. The first-order valence-electron chi connectivity index (χ1n) is 6.75. The standard InChI is InChI=1S/C14H15N3O3/c15-4-11-5-17-13(6-16-11)20-7-10-3-12(14(18)19)9-1-8(10)2-9/h5-6,8-10,12H,1-3,7H2,(H,18,19). The SMILES string of the molecule is N#Cc1cnc(OCC2CC(C(=O)O)C3CC2C3)cn1. The van der Waals surface area contributed by atoms with E-state index in [4.69, 9.17) is 10.00 Å². The van der Waals surface area contributed by atoms with Crippen LogP contribution in [0.4, 0.5) is 0 Å². The molecule has 1 aromatic rings. The molecule has 0 saturated heterocycles. The fourth-order valence-corrected chi connectivity index (χ4v) is 3.28. The second kappa shape index (κ2) is 5.08. The highest BCUT2D eigenvalue weighted by atomic mass is 16.5. The van der Waals surface area contributed by atoms with E-state index in [-0.39, 0.29) is 17.5 Å². The fraction of sp³-hybridized carbons (Fsp3) is 0.571. The van der Waals surface area contributed by atoms with Gasteiger partial charge in [-0.15, -0.1) is 0 Å². The van der Waals surface area contributed by atoms with Crippen LogP contribution in [0, 0.1) is 35.0 Å². The molecule has 6 heteroatoms. The van der Waals surface area contributed by atoms with Crippen molar-refractivity contribution >= 4 is 5.97 Å². The normalized spacial score (nSPS) is 30.9. The number of carboxylic acids is 1. The van der Waals surface area contributed by atoms with Gasteiger partial charge < -0.3 is 9.84 Å². The number of hydrogen-bond donors (Lipinski definition) is 1. The van der Waals surface area contributed by atoms with Crippen LogP contribution in [0.3, 0.4) is 0 Å². The van der Waals surface area contributed by atoms with Gasteiger partial charge in [0.2, 0.25) is 5.88 Å². The smallest absolute Gasteiger partial charge is 0.306 e. The van der Waals surface area contributed by atoms with E-state index >= 15 is 0 Å². The largest absolute Gasteiger partial charge is 0.481 e. The molecule has 1 heterocycles.